The van der Waals surface area contributed by atoms with Gasteiger partial charge in [-0.05, 0) is 116 Å². The Hall–Kier alpha value is -0.870. The molecule has 4 nitrogen and oxygen atoms in total. The summed E-state index contributed by atoms with van der Waals surface area (Å²) in [6.07, 6.45) is 7.30. The predicted molar refractivity (Wildman–Crippen MR) is 134 cm³/mol. The van der Waals surface area contributed by atoms with E-state index in [1.165, 1.54) is 0 Å². The summed E-state index contributed by atoms with van der Waals surface area (Å²) in [5.41, 5.74) is 0.284. The molecule has 11 atom stereocenters. The predicted octanol–water partition coefficient (Wildman–Crippen LogP) is 6.06. The van der Waals surface area contributed by atoms with Gasteiger partial charge in [0.25, 0.3) is 0 Å². The van der Waals surface area contributed by atoms with Gasteiger partial charge in [-0.25, -0.2) is 0 Å². The smallest absolute Gasteiger partial charge is 0.309 e. The fraction of sp³-hybridized carbons (Fsp3) is 0.900. The summed E-state index contributed by atoms with van der Waals surface area (Å²) in [5.74, 6) is 0.484. The van der Waals surface area contributed by atoms with Crippen molar-refractivity contribution in [3.63, 3.8) is 0 Å². The van der Waals surface area contributed by atoms with Gasteiger partial charge in [0.05, 0.1) is 17.6 Å². The second kappa shape index (κ2) is 7.34. The summed E-state index contributed by atoms with van der Waals surface area (Å²) in [5, 5.41) is 33.4. The van der Waals surface area contributed by atoms with Crippen molar-refractivity contribution in [1.29, 1.82) is 0 Å². The zero-order chi connectivity index (χ0) is 25.1. The summed E-state index contributed by atoms with van der Waals surface area (Å²) < 4.78 is 0. The maximum Gasteiger partial charge on any atom is 0.309 e. The monoisotopic (exact) mass is 472 g/mol. The first-order valence-corrected chi connectivity index (χ1v) is 13.9. The number of hydrogen-bond acceptors (Lipinski definition) is 3. The van der Waals surface area contributed by atoms with Crippen LogP contribution in [0.25, 0.3) is 0 Å². The molecule has 0 amide bonds. The molecule has 0 heterocycles. The number of hydrogen-bond donors (Lipinski definition) is 3. The van der Waals surface area contributed by atoms with Crippen LogP contribution in [0.5, 0.6) is 0 Å². The third-order valence-corrected chi connectivity index (χ3v) is 13.4. The van der Waals surface area contributed by atoms with E-state index in [1.807, 2.05) is 0 Å². The first-order chi connectivity index (χ1) is 15.7. The molecule has 0 aromatic carbocycles. The number of aliphatic carboxylic acids is 1. The Labute approximate surface area is 206 Å². The highest BCUT2D eigenvalue weighted by Crippen LogP contribution is 2.77. The molecule has 0 bridgehead atoms. The van der Waals surface area contributed by atoms with Gasteiger partial charge < -0.3 is 15.3 Å². The van der Waals surface area contributed by atoms with Crippen molar-refractivity contribution >= 4 is 5.97 Å². The van der Waals surface area contributed by atoms with Gasteiger partial charge in [0.1, 0.15) is 0 Å². The molecule has 0 aromatic rings. The number of carboxylic acids is 1. The van der Waals surface area contributed by atoms with Crippen LogP contribution >= 0.6 is 0 Å². The molecule has 192 valence electrons. The van der Waals surface area contributed by atoms with E-state index in [0.717, 1.165) is 56.9 Å². The van der Waals surface area contributed by atoms with E-state index in [2.05, 4.69) is 48.1 Å². The normalized spacial score (nSPS) is 55.9. The number of carboxylic acid groups (broad SMARTS) is 1. The van der Waals surface area contributed by atoms with Gasteiger partial charge in [-0.2, -0.15) is 0 Å². The minimum absolute atomic E-state index is 0.00606. The number of fused-ring (bicyclic) bond motifs is 7. The second-order valence-corrected chi connectivity index (χ2v) is 14.7. The van der Waals surface area contributed by atoms with E-state index in [4.69, 9.17) is 0 Å². The molecule has 0 radical (unpaired) electrons. The van der Waals surface area contributed by atoms with Crippen LogP contribution in [0.4, 0.5) is 0 Å². The lowest BCUT2D eigenvalue weighted by molar-refractivity contribution is -0.276. The fourth-order valence-corrected chi connectivity index (χ4v) is 11.6. The van der Waals surface area contributed by atoms with E-state index >= 15 is 0 Å². The number of rotatable bonds is 2. The molecule has 5 aliphatic carbocycles. The first kappa shape index (κ1) is 24.8. The Kier molecular flexibility index (Phi) is 5.36. The SMILES string of the molecule is C=C(C)[C@@H]1CC[C@]2(C(=O)O)CC[C@]3(C)[C@H](C[C@@H](O)[C@@H]4[C@@]5(C)CC[C@@H](O)C(C)(C)C5CC[C@]43C)C12. The maximum atomic E-state index is 12.8. The van der Waals surface area contributed by atoms with Crippen LogP contribution in [-0.4, -0.2) is 33.5 Å². The molecule has 4 heteroatoms. The van der Waals surface area contributed by atoms with Gasteiger partial charge in [-0.15, -0.1) is 0 Å². The fourth-order valence-electron chi connectivity index (χ4n) is 11.6. The molecule has 0 aliphatic heterocycles. The average molecular weight is 473 g/mol. The first-order valence-electron chi connectivity index (χ1n) is 13.9. The van der Waals surface area contributed by atoms with E-state index in [1.54, 1.807) is 0 Å². The quantitative estimate of drug-likeness (QED) is 0.427. The number of allylic oxidation sites excluding steroid dienone is 1. The molecule has 3 N–H and O–H groups in total. The minimum Gasteiger partial charge on any atom is -0.481 e. The van der Waals surface area contributed by atoms with Crippen molar-refractivity contribution < 1.29 is 20.1 Å². The average Bonchev–Trinajstić information content (AvgIpc) is 3.14. The van der Waals surface area contributed by atoms with E-state index in [0.29, 0.717) is 12.3 Å². The summed E-state index contributed by atoms with van der Waals surface area (Å²) in [6, 6.07) is 0. The molecule has 0 aromatic heterocycles. The zero-order valence-corrected chi connectivity index (χ0v) is 22.4. The molecular weight excluding hydrogens is 424 g/mol. The molecule has 34 heavy (non-hydrogen) atoms. The topological polar surface area (TPSA) is 77.8 Å². The van der Waals surface area contributed by atoms with Crippen LogP contribution in [0, 0.1) is 56.7 Å². The lowest BCUT2D eigenvalue weighted by Gasteiger charge is -2.73. The molecule has 5 saturated carbocycles. The molecule has 5 fully saturated rings. The van der Waals surface area contributed by atoms with E-state index in [9.17, 15) is 20.1 Å². The van der Waals surface area contributed by atoms with Gasteiger partial charge in [0.2, 0.25) is 0 Å². The lowest BCUT2D eigenvalue weighted by atomic mass is 9.31. The molecule has 0 saturated heterocycles. The third kappa shape index (κ3) is 2.76. The van der Waals surface area contributed by atoms with E-state index in [-0.39, 0.29) is 51.4 Å². The Morgan fingerprint density at radius 3 is 2.18 bits per heavy atom. The van der Waals surface area contributed by atoms with Crippen LogP contribution in [-0.2, 0) is 4.79 Å². The van der Waals surface area contributed by atoms with Crippen LogP contribution in [0.3, 0.4) is 0 Å². The largest absolute Gasteiger partial charge is 0.481 e. The molecule has 5 rings (SSSR count). The Balaban J connectivity index is 1.61. The Morgan fingerprint density at radius 2 is 1.56 bits per heavy atom. The van der Waals surface area contributed by atoms with E-state index < -0.39 is 17.5 Å². The van der Waals surface area contributed by atoms with Gasteiger partial charge in [0, 0.05) is 0 Å². The number of carbonyl (C=O) groups is 1. The van der Waals surface area contributed by atoms with Crippen molar-refractivity contribution in [2.45, 2.75) is 112 Å². The van der Waals surface area contributed by atoms with Crippen molar-refractivity contribution in [3.8, 4) is 0 Å². The van der Waals surface area contributed by atoms with Crippen molar-refractivity contribution in [2.24, 2.45) is 56.7 Å². The Morgan fingerprint density at radius 1 is 0.882 bits per heavy atom. The lowest BCUT2D eigenvalue weighted by Crippen LogP contribution is -2.70. The van der Waals surface area contributed by atoms with Gasteiger partial charge in [-0.1, -0.05) is 46.8 Å². The highest BCUT2D eigenvalue weighted by atomic mass is 16.4. The highest BCUT2D eigenvalue weighted by Gasteiger charge is 2.73. The van der Waals surface area contributed by atoms with Gasteiger partial charge in [0.15, 0.2) is 0 Å². The van der Waals surface area contributed by atoms with Crippen molar-refractivity contribution in [3.05, 3.63) is 12.2 Å². The van der Waals surface area contributed by atoms with Crippen LogP contribution in [0.15, 0.2) is 12.2 Å². The molecule has 0 spiro atoms. The maximum absolute atomic E-state index is 12.8. The van der Waals surface area contributed by atoms with Gasteiger partial charge in [-0.3, -0.25) is 4.79 Å². The standard InChI is InChI=1S/C30H48O4/c1-17(2)18-8-13-30(25(33)34)15-14-28(6)19(23(18)30)16-20(31)24-27(5)11-10-22(32)26(3,4)21(27)9-12-29(24,28)7/h18-24,31-32H,1,8-16H2,2-7H3,(H,33,34)/t18-,19+,20+,21?,22+,23?,24+,27-,28+,29+,30-/m0/s1. The third-order valence-electron chi connectivity index (χ3n) is 13.4. The van der Waals surface area contributed by atoms with Crippen molar-refractivity contribution in [2.75, 3.05) is 0 Å². The van der Waals surface area contributed by atoms with Crippen LogP contribution < -0.4 is 0 Å². The summed E-state index contributed by atoms with van der Waals surface area (Å²) >= 11 is 0. The Bertz CT molecular complexity index is 894. The second-order valence-electron chi connectivity index (χ2n) is 14.7. The summed E-state index contributed by atoms with van der Waals surface area (Å²) in [7, 11) is 0. The molecule has 2 unspecified atom stereocenters. The van der Waals surface area contributed by atoms with Crippen LogP contribution in [0.2, 0.25) is 0 Å². The molecular formula is C30H48O4. The summed E-state index contributed by atoms with van der Waals surface area (Å²) in [4.78, 5) is 12.8. The summed E-state index contributed by atoms with van der Waals surface area (Å²) in [6.45, 7) is 18.2. The van der Waals surface area contributed by atoms with Gasteiger partial charge >= 0.3 is 5.97 Å². The number of aliphatic hydroxyl groups excluding tert-OH is 2. The zero-order valence-electron chi connectivity index (χ0n) is 22.4. The van der Waals surface area contributed by atoms with Crippen LogP contribution in [0.1, 0.15) is 99.3 Å². The molecule has 5 aliphatic rings. The highest BCUT2D eigenvalue weighted by molar-refractivity contribution is 5.76. The minimum atomic E-state index is -0.658. The van der Waals surface area contributed by atoms with Crippen molar-refractivity contribution in [1.82, 2.24) is 0 Å². The number of aliphatic hydroxyl groups is 2.